The molecule has 154 valence electrons. The van der Waals surface area contributed by atoms with Gasteiger partial charge in [0.2, 0.25) is 0 Å². The fourth-order valence-corrected chi connectivity index (χ4v) is 4.86. The Kier molecular flexibility index (Phi) is 4.94. The van der Waals surface area contributed by atoms with Gasteiger partial charge < -0.3 is 9.64 Å². The molecule has 2 atom stereocenters. The van der Waals surface area contributed by atoms with Crippen molar-refractivity contribution < 1.29 is 14.3 Å². The highest BCUT2D eigenvalue weighted by Gasteiger charge is 2.43. The first kappa shape index (κ1) is 18.8. The Balaban J connectivity index is 1.28. The van der Waals surface area contributed by atoms with Crippen molar-refractivity contribution in [2.75, 3.05) is 0 Å². The van der Waals surface area contributed by atoms with E-state index in [1.165, 1.54) is 0 Å². The Bertz CT molecular complexity index is 1050. The maximum Gasteiger partial charge on any atom is 0.410 e. The van der Waals surface area contributed by atoms with Crippen LogP contribution in [0.2, 0.25) is 0 Å². The van der Waals surface area contributed by atoms with Crippen LogP contribution in [0.3, 0.4) is 0 Å². The molecule has 2 bridgehead atoms. The van der Waals surface area contributed by atoms with Gasteiger partial charge in [-0.25, -0.2) is 14.3 Å². The van der Waals surface area contributed by atoms with Crippen molar-refractivity contribution >= 4 is 17.5 Å². The van der Waals surface area contributed by atoms with E-state index in [2.05, 4.69) is 10.1 Å². The second-order valence-electron chi connectivity index (χ2n) is 8.20. The Morgan fingerprint density at radius 2 is 1.83 bits per heavy atom. The highest BCUT2D eigenvalue weighted by atomic mass is 16.6. The van der Waals surface area contributed by atoms with E-state index in [4.69, 9.17) is 4.74 Å². The maximum absolute atomic E-state index is 13.2. The normalized spacial score (nSPS) is 23.3. The van der Waals surface area contributed by atoms with Crippen LogP contribution in [0.15, 0.2) is 55.0 Å². The summed E-state index contributed by atoms with van der Waals surface area (Å²) in [4.78, 5) is 32.2. The van der Waals surface area contributed by atoms with Crippen LogP contribution in [-0.4, -0.2) is 43.5 Å². The molecule has 0 N–H and O–H groups in total. The summed E-state index contributed by atoms with van der Waals surface area (Å²) in [5.74, 6) is -0.0117. The number of ketones is 1. The molecule has 2 fully saturated rings. The number of piperidine rings is 2. The molecule has 2 aliphatic rings. The van der Waals surface area contributed by atoms with Crippen molar-refractivity contribution in [3.05, 3.63) is 66.1 Å². The lowest BCUT2D eigenvalue weighted by atomic mass is 9.76. The smallest absolute Gasteiger partial charge is 0.410 e. The molecule has 7 nitrogen and oxygen atoms in total. The molecule has 0 spiro atoms. The van der Waals surface area contributed by atoms with E-state index < -0.39 is 0 Å². The lowest BCUT2D eigenvalue weighted by Crippen LogP contribution is -2.55. The summed E-state index contributed by atoms with van der Waals surface area (Å²) in [6, 6.07) is 11.6. The second kappa shape index (κ2) is 7.89. The van der Waals surface area contributed by atoms with Gasteiger partial charge in [0.25, 0.3) is 0 Å². The van der Waals surface area contributed by atoms with Gasteiger partial charge in [0, 0.05) is 36.5 Å². The van der Waals surface area contributed by atoms with Crippen LogP contribution in [0.25, 0.3) is 5.65 Å². The van der Waals surface area contributed by atoms with E-state index in [1.54, 1.807) is 29.2 Å². The summed E-state index contributed by atoms with van der Waals surface area (Å²) >= 11 is 0. The lowest BCUT2D eigenvalue weighted by Gasteiger charge is -2.47. The van der Waals surface area contributed by atoms with Gasteiger partial charge >= 0.3 is 6.09 Å². The number of fused-ring (bicyclic) bond motifs is 3. The summed E-state index contributed by atoms with van der Waals surface area (Å²) in [5.41, 5.74) is 2.27. The second-order valence-corrected chi connectivity index (χ2v) is 8.20. The summed E-state index contributed by atoms with van der Waals surface area (Å²) in [5, 5.41) is 4.18. The Labute approximate surface area is 174 Å². The van der Waals surface area contributed by atoms with Gasteiger partial charge in [-0.3, -0.25) is 4.79 Å². The van der Waals surface area contributed by atoms with Crippen LogP contribution in [0.1, 0.15) is 48.0 Å². The van der Waals surface area contributed by atoms with E-state index in [0.717, 1.165) is 30.5 Å². The molecule has 3 aromatic rings. The number of hydrogen-bond acceptors (Lipinski definition) is 5. The topological polar surface area (TPSA) is 76.8 Å². The van der Waals surface area contributed by atoms with Crippen molar-refractivity contribution in [3.8, 4) is 0 Å². The van der Waals surface area contributed by atoms with Crippen LogP contribution < -0.4 is 0 Å². The lowest BCUT2D eigenvalue weighted by molar-refractivity contribution is 0.00471. The molecule has 4 heterocycles. The quantitative estimate of drug-likeness (QED) is 0.617. The Morgan fingerprint density at radius 1 is 1.07 bits per heavy atom. The number of nitrogens with zero attached hydrogens (tertiary/aromatic N) is 4. The van der Waals surface area contributed by atoms with Crippen molar-refractivity contribution in [1.29, 1.82) is 0 Å². The number of carbonyl (C=O) groups is 2. The SMILES string of the molecule is O=C(c1cnc2ccnn2c1)C1CC2CCCC(C1)N2C(=O)OCc1ccccc1. The van der Waals surface area contributed by atoms with Gasteiger partial charge in [-0.15, -0.1) is 0 Å². The standard InChI is InChI=1S/C23H24N4O3/c28-22(18-13-24-21-9-10-25-26(21)14-18)17-11-19-7-4-8-20(12-17)27(19)23(29)30-15-16-5-2-1-3-6-16/h1-3,5-6,9-10,13-14,17,19-20H,4,7-8,11-12,15H2. The van der Waals surface area contributed by atoms with Crippen molar-refractivity contribution in [2.45, 2.75) is 50.8 Å². The fourth-order valence-electron chi connectivity index (χ4n) is 4.86. The highest BCUT2D eigenvalue weighted by molar-refractivity contribution is 5.97. The maximum atomic E-state index is 13.2. The molecule has 1 amide bonds. The van der Waals surface area contributed by atoms with E-state index >= 15 is 0 Å². The molecule has 7 heteroatoms. The third-order valence-electron chi connectivity index (χ3n) is 6.29. The average molecular weight is 404 g/mol. The zero-order valence-corrected chi connectivity index (χ0v) is 16.7. The molecular weight excluding hydrogens is 380 g/mol. The van der Waals surface area contributed by atoms with E-state index in [1.807, 2.05) is 35.2 Å². The van der Waals surface area contributed by atoms with Gasteiger partial charge in [0.1, 0.15) is 6.61 Å². The number of ether oxygens (including phenoxy) is 1. The van der Waals surface area contributed by atoms with E-state index in [9.17, 15) is 9.59 Å². The van der Waals surface area contributed by atoms with Gasteiger partial charge in [0.05, 0.1) is 11.8 Å². The first-order chi connectivity index (χ1) is 14.7. The number of benzene rings is 1. The summed E-state index contributed by atoms with van der Waals surface area (Å²) in [6.45, 7) is 0.271. The van der Waals surface area contributed by atoms with Crippen LogP contribution in [0, 0.1) is 5.92 Å². The molecule has 2 aliphatic heterocycles. The predicted octanol–water partition coefficient (Wildman–Crippen LogP) is 3.88. The zero-order valence-electron chi connectivity index (χ0n) is 16.7. The molecule has 0 radical (unpaired) electrons. The van der Waals surface area contributed by atoms with Gasteiger partial charge in [-0.2, -0.15) is 5.10 Å². The highest BCUT2D eigenvalue weighted by Crippen LogP contribution is 2.38. The van der Waals surface area contributed by atoms with Gasteiger partial charge in [-0.05, 0) is 37.7 Å². The largest absolute Gasteiger partial charge is 0.445 e. The number of Topliss-reactive ketones (excluding diaryl/α,β-unsaturated/α-hetero) is 1. The zero-order chi connectivity index (χ0) is 20.5. The third kappa shape index (κ3) is 3.56. The van der Waals surface area contributed by atoms with Gasteiger partial charge in [0.15, 0.2) is 11.4 Å². The molecule has 5 rings (SSSR count). The van der Waals surface area contributed by atoms with Crippen LogP contribution in [0.4, 0.5) is 4.79 Å². The van der Waals surface area contributed by atoms with Crippen LogP contribution in [-0.2, 0) is 11.3 Å². The molecule has 0 aliphatic carbocycles. The molecule has 1 aromatic carbocycles. The summed E-state index contributed by atoms with van der Waals surface area (Å²) in [6.07, 6.45) is 9.05. The van der Waals surface area contributed by atoms with Crippen LogP contribution >= 0.6 is 0 Å². The minimum Gasteiger partial charge on any atom is -0.445 e. The number of carbonyl (C=O) groups excluding carboxylic acids is 2. The van der Waals surface area contributed by atoms with Crippen molar-refractivity contribution in [1.82, 2.24) is 19.5 Å². The number of amides is 1. The minimum absolute atomic E-state index is 0.0520. The Morgan fingerprint density at radius 3 is 2.60 bits per heavy atom. The number of rotatable bonds is 4. The first-order valence-corrected chi connectivity index (χ1v) is 10.5. The monoisotopic (exact) mass is 404 g/mol. The van der Waals surface area contributed by atoms with E-state index in [-0.39, 0.29) is 36.5 Å². The Hall–Kier alpha value is -3.22. The third-order valence-corrected chi connectivity index (χ3v) is 6.29. The number of aromatic nitrogens is 3. The van der Waals surface area contributed by atoms with E-state index in [0.29, 0.717) is 18.4 Å². The fraction of sp³-hybridized carbons (Fsp3) is 0.391. The summed E-state index contributed by atoms with van der Waals surface area (Å²) < 4.78 is 7.23. The predicted molar refractivity (Wildman–Crippen MR) is 110 cm³/mol. The van der Waals surface area contributed by atoms with Gasteiger partial charge in [-0.1, -0.05) is 30.3 Å². The first-order valence-electron chi connectivity index (χ1n) is 10.5. The molecule has 30 heavy (non-hydrogen) atoms. The molecule has 2 aromatic heterocycles. The molecule has 2 unspecified atom stereocenters. The van der Waals surface area contributed by atoms with Crippen LogP contribution in [0.5, 0.6) is 0 Å². The van der Waals surface area contributed by atoms with Crippen molar-refractivity contribution in [3.63, 3.8) is 0 Å². The minimum atomic E-state index is -0.265. The molecule has 2 saturated heterocycles. The average Bonchev–Trinajstić information content (AvgIpc) is 3.24. The molecule has 0 saturated carbocycles. The molecular formula is C23H24N4O3. The number of hydrogen-bond donors (Lipinski definition) is 0. The summed E-state index contributed by atoms with van der Waals surface area (Å²) in [7, 11) is 0. The van der Waals surface area contributed by atoms with Crippen molar-refractivity contribution in [2.24, 2.45) is 5.92 Å².